The molecule has 3 atom stereocenters. The number of rotatable bonds is 9. The Morgan fingerprint density at radius 2 is 1.92 bits per heavy atom. The van der Waals surface area contributed by atoms with E-state index in [1.54, 1.807) is 32.1 Å². The van der Waals surface area contributed by atoms with E-state index in [4.69, 9.17) is 9.84 Å². The van der Waals surface area contributed by atoms with Gasteiger partial charge in [0.05, 0.1) is 19.1 Å². The van der Waals surface area contributed by atoms with Gasteiger partial charge in [-0.1, -0.05) is 45.1 Å². The highest BCUT2D eigenvalue weighted by atomic mass is 16.5. The first-order valence-corrected chi connectivity index (χ1v) is 8.56. The number of esters is 1. The van der Waals surface area contributed by atoms with E-state index >= 15 is 0 Å². The second-order valence-electron chi connectivity index (χ2n) is 6.20. The van der Waals surface area contributed by atoms with E-state index in [1.807, 2.05) is 19.1 Å². The number of Topliss-reactive ketones (excluding diaryl/α,β-unsaturated/α-hetero) is 1. The molecular formula is C20H28O5. The topological polar surface area (TPSA) is 83.8 Å². The Kier molecular flexibility index (Phi) is 8.52. The van der Waals surface area contributed by atoms with Gasteiger partial charge in [0.25, 0.3) is 0 Å². The predicted molar refractivity (Wildman–Crippen MR) is 96.9 cm³/mol. The van der Waals surface area contributed by atoms with Crippen LogP contribution in [0.3, 0.4) is 0 Å². The van der Waals surface area contributed by atoms with Crippen molar-refractivity contribution in [2.24, 2.45) is 5.92 Å². The van der Waals surface area contributed by atoms with Crippen LogP contribution in [0.25, 0.3) is 6.08 Å². The van der Waals surface area contributed by atoms with Gasteiger partial charge in [-0.2, -0.15) is 0 Å². The smallest absolute Gasteiger partial charge is 0.305 e. The third-order valence-electron chi connectivity index (χ3n) is 4.41. The second-order valence-corrected chi connectivity index (χ2v) is 6.20. The van der Waals surface area contributed by atoms with Crippen LogP contribution < -0.4 is 0 Å². The van der Waals surface area contributed by atoms with Gasteiger partial charge in [-0.25, -0.2) is 0 Å². The lowest BCUT2D eigenvalue weighted by atomic mass is 9.83. The summed E-state index contributed by atoms with van der Waals surface area (Å²) in [5.74, 6) is -1.04. The first kappa shape index (κ1) is 21.1. The fourth-order valence-electron chi connectivity index (χ4n) is 2.74. The number of hydrogen-bond donors (Lipinski definition) is 2. The largest absolute Gasteiger partial charge is 0.461 e. The summed E-state index contributed by atoms with van der Waals surface area (Å²) in [6.45, 7) is 6.69. The summed E-state index contributed by atoms with van der Waals surface area (Å²) in [7, 11) is 0. The molecule has 0 bridgehead atoms. The minimum atomic E-state index is -0.578. The average molecular weight is 348 g/mol. The van der Waals surface area contributed by atoms with Crippen molar-refractivity contribution in [3.05, 3.63) is 41.0 Å². The SMILES string of the molecule is CCC(=O)O[C@@H]([C@H](C)C(C)=O)[C@@H](C)c1ccc(CO)cc1/C=C/CO. The quantitative estimate of drug-likeness (QED) is 0.671. The molecule has 0 unspecified atom stereocenters. The van der Waals surface area contributed by atoms with Crippen molar-refractivity contribution in [2.45, 2.75) is 52.7 Å². The van der Waals surface area contributed by atoms with Crippen LogP contribution >= 0.6 is 0 Å². The number of aliphatic hydroxyl groups is 2. The fraction of sp³-hybridized carbons (Fsp3) is 0.500. The lowest BCUT2D eigenvalue weighted by Crippen LogP contribution is -2.34. The molecule has 1 rings (SSSR count). The van der Waals surface area contributed by atoms with Gasteiger partial charge >= 0.3 is 5.97 Å². The molecule has 0 fully saturated rings. The molecule has 25 heavy (non-hydrogen) atoms. The first-order valence-electron chi connectivity index (χ1n) is 8.56. The Morgan fingerprint density at radius 3 is 2.44 bits per heavy atom. The van der Waals surface area contributed by atoms with E-state index in [2.05, 4.69) is 0 Å². The summed E-state index contributed by atoms with van der Waals surface area (Å²) in [4.78, 5) is 23.7. The summed E-state index contributed by atoms with van der Waals surface area (Å²) in [6.07, 6.45) is 3.04. The van der Waals surface area contributed by atoms with E-state index in [0.717, 1.165) is 16.7 Å². The van der Waals surface area contributed by atoms with Crippen molar-refractivity contribution in [3.63, 3.8) is 0 Å². The maximum absolute atomic E-state index is 11.9. The van der Waals surface area contributed by atoms with Crippen LogP contribution in [0.1, 0.15) is 56.7 Å². The first-order chi connectivity index (χ1) is 11.8. The number of carbonyl (C=O) groups is 2. The zero-order chi connectivity index (χ0) is 19.0. The lowest BCUT2D eigenvalue weighted by Gasteiger charge is -2.29. The summed E-state index contributed by atoms with van der Waals surface area (Å²) < 4.78 is 5.57. The van der Waals surface area contributed by atoms with E-state index in [9.17, 15) is 14.7 Å². The molecule has 0 amide bonds. The van der Waals surface area contributed by atoms with E-state index in [0.29, 0.717) is 0 Å². The third kappa shape index (κ3) is 5.80. The number of carbonyl (C=O) groups excluding carboxylic acids is 2. The summed E-state index contributed by atoms with van der Waals surface area (Å²) >= 11 is 0. The van der Waals surface area contributed by atoms with Gasteiger partial charge in [-0.15, -0.1) is 0 Å². The van der Waals surface area contributed by atoms with Crippen LogP contribution in [-0.2, 0) is 20.9 Å². The predicted octanol–water partition coefficient (Wildman–Crippen LogP) is 2.83. The summed E-state index contributed by atoms with van der Waals surface area (Å²) in [5, 5.41) is 18.4. The van der Waals surface area contributed by atoms with Gasteiger partial charge < -0.3 is 14.9 Å². The van der Waals surface area contributed by atoms with E-state index < -0.39 is 12.0 Å². The van der Waals surface area contributed by atoms with Crippen molar-refractivity contribution < 1.29 is 24.5 Å². The standard InChI is InChI=1S/C20H28O5/c1-5-19(24)25-20(13(2)15(4)23)14(3)18-9-8-16(12-22)11-17(18)7-6-10-21/h6-9,11,13-14,20-22H,5,10,12H2,1-4H3/b7-6+/t13-,14+,20+/m1/s1. The molecule has 0 aliphatic heterocycles. The number of ketones is 1. The van der Waals surface area contributed by atoms with Crippen LogP contribution in [0.15, 0.2) is 24.3 Å². The van der Waals surface area contributed by atoms with Gasteiger partial charge in [0.15, 0.2) is 0 Å². The Labute approximate surface area is 149 Å². The van der Waals surface area contributed by atoms with Crippen LogP contribution in [0, 0.1) is 5.92 Å². The van der Waals surface area contributed by atoms with E-state index in [-0.39, 0.29) is 37.3 Å². The van der Waals surface area contributed by atoms with Crippen molar-refractivity contribution in [1.82, 2.24) is 0 Å². The lowest BCUT2D eigenvalue weighted by molar-refractivity contribution is -0.154. The monoisotopic (exact) mass is 348 g/mol. The van der Waals surface area contributed by atoms with Crippen molar-refractivity contribution in [1.29, 1.82) is 0 Å². The van der Waals surface area contributed by atoms with Crippen LogP contribution in [-0.4, -0.2) is 34.7 Å². The summed E-state index contributed by atoms with van der Waals surface area (Å²) in [6, 6.07) is 5.50. The highest BCUT2D eigenvalue weighted by molar-refractivity contribution is 5.79. The molecule has 0 aromatic heterocycles. The Morgan fingerprint density at radius 1 is 1.24 bits per heavy atom. The zero-order valence-electron chi connectivity index (χ0n) is 15.4. The molecule has 0 saturated carbocycles. The van der Waals surface area contributed by atoms with Gasteiger partial charge in [0.1, 0.15) is 11.9 Å². The maximum atomic E-state index is 11.9. The van der Waals surface area contributed by atoms with Gasteiger partial charge in [-0.05, 0) is 29.7 Å². The third-order valence-corrected chi connectivity index (χ3v) is 4.41. The molecule has 5 heteroatoms. The highest BCUT2D eigenvalue weighted by Crippen LogP contribution is 2.31. The van der Waals surface area contributed by atoms with Crippen LogP contribution in [0.4, 0.5) is 0 Å². The molecule has 2 N–H and O–H groups in total. The molecule has 1 aromatic carbocycles. The molecule has 0 heterocycles. The zero-order valence-corrected chi connectivity index (χ0v) is 15.4. The number of benzene rings is 1. The second kappa shape index (κ2) is 10.1. The van der Waals surface area contributed by atoms with Gasteiger partial charge in [0, 0.05) is 12.3 Å². The molecule has 0 spiro atoms. The van der Waals surface area contributed by atoms with Crippen molar-refractivity contribution in [3.8, 4) is 0 Å². The number of ether oxygens (including phenoxy) is 1. The minimum absolute atomic E-state index is 0.0415. The molecule has 0 aliphatic carbocycles. The van der Waals surface area contributed by atoms with Crippen molar-refractivity contribution >= 4 is 17.8 Å². The number of aliphatic hydroxyl groups excluding tert-OH is 2. The van der Waals surface area contributed by atoms with Gasteiger partial charge in [0.2, 0.25) is 0 Å². The van der Waals surface area contributed by atoms with Gasteiger partial charge in [-0.3, -0.25) is 9.59 Å². The molecule has 138 valence electrons. The Bertz CT molecular complexity index is 621. The fourth-order valence-corrected chi connectivity index (χ4v) is 2.74. The summed E-state index contributed by atoms with van der Waals surface area (Å²) in [5.41, 5.74) is 2.46. The molecule has 0 radical (unpaired) electrons. The van der Waals surface area contributed by atoms with Crippen LogP contribution in [0.5, 0.6) is 0 Å². The Balaban J connectivity index is 3.30. The van der Waals surface area contributed by atoms with Crippen molar-refractivity contribution in [2.75, 3.05) is 6.61 Å². The minimum Gasteiger partial charge on any atom is -0.461 e. The van der Waals surface area contributed by atoms with E-state index in [1.165, 1.54) is 6.92 Å². The van der Waals surface area contributed by atoms with Crippen LogP contribution in [0.2, 0.25) is 0 Å². The normalized spacial score (nSPS) is 15.0. The molecule has 0 saturated heterocycles. The highest BCUT2D eigenvalue weighted by Gasteiger charge is 2.31. The average Bonchev–Trinajstić information content (AvgIpc) is 2.62. The molecule has 0 aliphatic rings. The molecule has 5 nitrogen and oxygen atoms in total. The number of hydrogen-bond acceptors (Lipinski definition) is 5. The molecular weight excluding hydrogens is 320 g/mol. The maximum Gasteiger partial charge on any atom is 0.305 e. The molecule has 1 aromatic rings. The Hall–Kier alpha value is -1.98.